The Kier molecular flexibility index (Phi) is 4.81. The number of phenolic OH excluding ortho intramolecular Hbond substituents is 1. The van der Waals surface area contributed by atoms with Crippen molar-refractivity contribution in [2.24, 2.45) is 0 Å². The highest BCUT2D eigenvalue weighted by Crippen LogP contribution is 2.42. The smallest absolute Gasteiger partial charge is 0.256 e. The molecule has 0 saturated carbocycles. The number of carbonyl (C=O) groups is 1. The average molecular weight is 470 g/mol. The second-order valence-electron chi connectivity index (χ2n) is 7.41. The molecule has 1 amide bonds. The van der Waals surface area contributed by atoms with E-state index in [-0.39, 0.29) is 11.7 Å². The van der Waals surface area contributed by atoms with Gasteiger partial charge in [-0.15, -0.1) is 11.3 Å². The first-order chi connectivity index (χ1) is 14.1. The lowest BCUT2D eigenvalue weighted by atomic mass is 10.00. The van der Waals surface area contributed by atoms with Crippen LogP contribution in [0.4, 0.5) is 5.00 Å². The Morgan fingerprint density at radius 2 is 2.00 bits per heavy atom. The first-order valence-electron chi connectivity index (χ1n) is 9.55. The van der Waals surface area contributed by atoms with Crippen LogP contribution in [-0.4, -0.2) is 22.5 Å². The third-order valence-electron chi connectivity index (χ3n) is 5.46. The van der Waals surface area contributed by atoms with Gasteiger partial charge in [0, 0.05) is 34.5 Å². The van der Waals surface area contributed by atoms with Gasteiger partial charge in [0.25, 0.3) is 5.91 Å². The fourth-order valence-corrected chi connectivity index (χ4v) is 5.75. The number of nitrogens with one attached hydrogen (secondary N) is 2. The molecule has 3 aromatic rings. The molecule has 3 N–H and O–H groups in total. The van der Waals surface area contributed by atoms with Gasteiger partial charge in [-0.05, 0) is 35.7 Å². The van der Waals surface area contributed by atoms with Crippen LogP contribution in [0.15, 0.2) is 53.0 Å². The molecule has 0 spiro atoms. The van der Waals surface area contributed by atoms with Crippen molar-refractivity contribution in [2.75, 3.05) is 11.9 Å². The first kappa shape index (κ1) is 18.7. The maximum Gasteiger partial charge on any atom is 0.256 e. The Morgan fingerprint density at radius 1 is 1.17 bits per heavy atom. The van der Waals surface area contributed by atoms with Gasteiger partial charge in [-0.3, -0.25) is 9.69 Å². The Hall–Kier alpha value is -2.35. The summed E-state index contributed by atoms with van der Waals surface area (Å²) >= 11 is 5.09. The zero-order valence-corrected chi connectivity index (χ0v) is 18.0. The number of fused-ring (bicyclic) bond motifs is 3. The maximum atomic E-state index is 12.9. The molecule has 2 aliphatic heterocycles. The minimum atomic E-state index is -0.451. The average Bonchev–Trinajstić information content (AvgIpc) is 3.08. The van der Waals surface area contributed by atoms with Crippen molar-refractivity contribution in [2.45, 2.75) is 25.7 Å². The maximum absolute atomic E-state index is 12.9. The summed E-state index contributed by atoms with van der Waals surface area (Å²) in [6, 6.07) is 15.7. The molecule has 2 aromatic carbocycles. The number of amides is 1. The Bertz CT molecular complexity index is 1080. The molecule has 7 heteroatoms. The van der Waals surface area contributed by atoms with Gasteiger partial charge in [0.1, 0.15) is 16.9 Å². The summed E-state index contributed by atoms with van der Waals surface area (Å²) in [6.45, 7) is 2.70. The number of rotatable bonds is 3. The molecule has 3 heterocycles. The fourth-order valence-electron chi connectivity index (χ4n) is 4.06. The molecule has 29 heavy (non-hydrogen) atoms. The second-order valence-corrected chi connectivity index (χ2v) is 9.43. The van der Waals surface area contributed by atoms with Crippen molar-refractivity contribution in [1.82, 2.24) is 10.2 Å². The van der Waals surface area contributed by atoms with Crippen molar-refractivity contribution in [3.8, 4) is 5.75 Å². The summed E-state index contributed by atoms with van der Waals surface area (Å²) in [4.78, 5) is 16.6. The third kappa shape index (κ3) is 3.54. The number of aromatic hydroxyl groups is 1. The SMILES string of the molecule is O=C1N[C@H](c2cc(Br)ccc2O)Nc2sc3c(c21)CCN(Cc1ccccc1)C3. The standard InChI is InChI=1S/C22H20BrN3O2S/c23-14-6-7-17(27)16(10-14)20-24-21(28)19-15-8-9-26(11-13-4-2-1-3-5-13)12-18(15)29-22(19)25-20/h1-7,10,20,25,27H,8-9,11-12H2,(H,24,28)/t20-/m0/s1. The molecule has 5 rings (SSSR count). The Balaban J connectivity index is 1.40. The topological polar surface area (TPSA) is 64.6 Å². The van der Waals surface area contributed by atoms with Gasteiger partial charge in [0.15, 0.2) is 0 Å². The van der Waals surface area contributed by atoms with E-state index >= 15 is 0 Å². The summed E-state index contributed by atoms with van der Waals surface area (Å²) < 4.78 is 0.856. The van der Waals surface area contributed by atoms with Gasteiger partial charge in [-0.1, -0.05) is 46.3 Å². The molecule has 0 radical (unpaired) electrons. The van der Waals surface area contributed by atoms with E-state index in [1.54, 1.807) is 23.5 Å². The van der Waals surface area contributed by atoms with Gasteiger partial charge in [-0.2, -0.15) is 0 Å². The molecule has 0 saturated heterocycles. The van der Waals surface area contributed by atoms with E-state index in [0.717, 1.165) is 46.7 Å². The summed E-state index contributed by atoms with van der Waals surface area (Å²) in [7, 11) is 0. The number of halogens is 1. The molecule has 5 nitrogen and oxygen atoms in total. The van der Waals surface area contributed by atoms with Crippen LogP contribution in [-0.2, 0) is 19.5 Å². The van der Waals surface area contributed by atoms with Crippen molar-refractivity contribution in [3.63, 3.8) is 0 Å². The predicted molar refractivity (Wildman–Crippen MR) is 118 cm³/mol. The molecule has 0 aliphatic carbocycles. The van der Waals surface area contributed by atoms with Gasteiger partial charge in [-0.25, -0.2) is 0 Å². The van der Waals surface area contributed by atoms with Crippen molar-refractivity contribution >= 4 is 38.2 Å². The lowest BCUT2D eigenvalue weighted by Crippen LogP contribution is -2.38. The lowest BCUT2D eigenvalue weighted by Gasteiger charge is -2.29. The van der Waals surface area contributed by atoms with Crippen molar-refractivity contribution in [3.05, 3.63) is 80.1 Å². The van der Waals surface area contributed by atoms with E-state index in [1.165, 1.54) is 10.4 Å². The second kappa shape index (κ2) is 7.48. The van der Waals surface area contributed by atoms with Crippen LogP contribution in [0.1, 0.15) is 38.1 Å². The molecule has 148 valence electrons. The number of phenols is 1. The fraction of sp³-hybridized carbons (Fsp3) is 0.227. The normalized spacial score (nSPS) is 18.5. The number of thiophene rings is 1. The van der Waals surface area contributed by atoms with Crippen LogP contribution in [0.5, 0.6) is 5.75 Å². The van der Waals surface area contributed by atoms with Crippen LogP contribution in [0, 0.1) is 0 Å². The third-order valence-corrected chi connectivity index (χ3v) is 7.10. The minimum absolute atomic E-state index is 0.0721. The summed E-state index contributed by atoms with van der Waals surface area (Å²) in [5.74, 6) is 0.0851. The molecule has 0 unspecified atom stereocenters. The molecule has 0 fully saturated rings. The summed E-state index contributed by atoms with van der Waals surface area (Å²) in [6.07, 6.45) is 0.420. The van der Waals surface area contributed by atoms with Crippen LogP contribution in [0.3, 0.4) is 0 Å². The molecule has 0 bridgehead atoms. The number of carbonyl (C=O) groups excluding carboxylic acids is 1. The number of benzene rings is 2. The highest BCUT2D eigenvalue weighted by atomic mass is 79.9. The number of hydrogen-bond acceptors (Lipinski definition) is 5. The first-order valence-corrected chi connectivity index (χ1v) is 11.2. The molecule has 2 aliphatic rings. The monoisotopic (exact) mass is 469 g/mol. The van der Waals surface area contributed by atoms with E-state index in [0.29, 0.717) is 5.56 Å². The Labute approximate surface area is 181 Å². The van der Waals surface area contributed by atoms with E-state index in [4.69, 9.17) is 0 Å². The van der Waals surface area contributed by atoms with Crippen LogP contribution in [0.2, 0.25) is 0 Å². The van der Waals surface area contributed by atoms with Gasteiger partial charge in [0.2, 0.25) is 0 Å². The zero-order chi connectivity index (χ0) is 20.0. The minimum Gasteiger partial charge on any atom is -0.508 e. The summed E-state index contributed by atoms with van der Waals surface area (Å²) in [5.41, 5.74) is 3.89. The summed E-state index contributed by atoms with van der Waals surface area (Å²) in [5, 5.41) is 17.6. The molecular weight excluding hydrogens is 450 g/mol. The van der Waals surface area contributed by atoms with E-state index in [2.05, 4.69) is 55.7 Å². The van der Waals surface area contributed by atoms with Crippen molar-refractivity contribution < 1.29 is 9.90 Å². The molecule has 1 atom stereocenters. The number of nitrogens with zero attached hydrogens (tertiary/aromatic N) is 1. The lowest BCUT2D eigenvalue weighted by molar-refractivity contribution is 0.0934. The van der Waals surface area contributed by atoms with Crippen LogP contribution in [0.25, 0.3) is 0 Å². The zero-order valence-electron chi connectivity index (χ0n) is 15.6. The van der Waals surface area contributed by atoms with E-state index in [1.807, 2.05) is 12.1 Å². The highest BCUT2D eigenvalue weighted by molar-refractivity contribution is 9.10. The highest BCUT2D eigenvalue weighted by Gasteiger charge is 2.34. The van der Waals surface area contributed by atoms with Gasteiger partial charge < -0.3 is 15.7 Å². The quantitative estimate of drug-likeness (QED) is 0.523. The van der Waals surface area contributed by atoms with Crippen LogP contribution >= 0.6 is 27.3 Å². The Morgan fingerprint density at radius 3 is 2.83 bits per heavy atom. The van der Waals surface area contributed by atoms with E-state index in [9.17, 15) is 9.90 Å². The number of anilines is 1. The van der Waals surface area contributed by atoms with Gasteiger partial charge >= 0.3 is 0 Å². The number of hydrogen-bond donors (Lipinski definition) is 3. The molecular formula is C22H20BrN3O2S. The molecule has 1 aromatic heterocycles. The van der Waals surface area contributed by atoms with Crippen LogP contribution < -0.4 is 10.6 Å². The van der Waals surface area contributed by atoms with E-state index < -0.39 is 6.17 Å². The largest absolute Gasteiger partial charge is 0.508 e. The van der Waals surface area contributed by atoms with Crippen molar-refractivity contribution in [1.29, 1.82) is 0 Å². The van der Waals surface area contributed by atoms with Gasteiger partial charge in [0.05, 0.1) is 5.56 Å². The predicted octanol–water partition coefficient (Wildman–Crippen LogP) is 4.63.